The molecule has 1 aromatic carbocycles. The summed E-state index contributed by atoms with van der Waals surface area (Å²) < 4.78 is 5.06. The number of carbonyl (C=O) groups excluding carboxylic acids is 1. The number of nitrogens with zero attached hydrogens (tertiary/aromatic N) is 2. The molecule has 0 saturated carbocycles. The molecule has 1 aliphatic rings. The molecule has 1 fully saturated rings. The van der Waals surface area contributed by atoms with Crippen LogP contribution in [-0.2, 0) is 9.53 Å². The Bertz CT molecular complexity index is 531. The van der Waals surface area contributed by atoms with Crippen molar-refractivity contribution in [2.75, 3.05) is 24.6 Å². The van der Waals surface area contributed by atoms with E-state index in [1.165, 1.54) is 0 Å². The van der Waals surface area contributed by atoms with Crippen molar-refractivity contribution in [1.82, 2.24) is 0 Å². The fourth-order valence-corrected chi connectivity index (χ4v) is 2.64. The molecule has 1 aromatic rings. The highest BCUT2D eigenvalue weighted by Crippen LogP contribution is 2.29. The minimum absolute atomic E-state index is 0.0316. The Morgan fingerprint density at radius 1 is 1.50 bits per heavy atom. The Balaban J connectivity index is 2.06. The Kier molecular flexibility index (Phi) is 4.86. The molecule has 1 saturated heterocycles. The number of piperidine rings is 1. The molecular formula is C15H17ClN2O2. The topological polar surface area (TPSA) is 53.3 Å². The molecule has 0 spiro atoms. The summed E-state index contributed by atoms with van der Waals surface area (Å²) in [5, 5.41) is 9.77. The van der Waals surface area contributed by atoms with Gasteiger partial charge in [0.2, 0.25) is 0 Å². The van der Waals surface area contributed by atoms with E-state index in [0.29, 0.717) is 17.2 Å². The number of anilines is 1. The van der Waals surface area contributed by atoms with Crippen LogP contribution >= 0.6 is 11.6 Å². The fourth-order valence-electron chi connectivity index (χ4n) is 2.48. The predicted molar refractivity (Wildman–Crippen MR) is 77.7 cm³/mol. The summed E-state index contributed by atoms with van der Waals surface area (Å²) >= 11 is 6.00. The normalized spacial score (nSPS) is 15.8. The first kappa shape index (κ1) is 14.7. The van der Waals surface area contributed by atoms with Crippen LogP contribution in [0.4, 0.5) is 5.69 Å². The molecular weight excluding hydrogens is 276 g/mol. The van der Waals surface area contributed by atoms with Crippen LogP contribution in [0.2, 0.25) is 5.02 Å². The molecule has 0 radical (unpaired) electrons. The lowest BCUT2D eigenvalue weighted by molar-refractivity contribution is -0.148. The summed E-state index contributed by atoms with van der Waals surface area (Å²) in [5.74, 6) is -0.144. The quantitative estimate of drug-likeness (QED) is 0.804. The van der Waals surface area contributed by atoms with E-state index < -0.39 is 0 Å². The van der Waals surface area contributed by atoms with Crippen molar-refractivity contribution in [3.05, 3.63) is 28.8 Å². The van der Waals surface area contributed by atoms with Crippen molar-refractivity contribution in [2.45, 2.75) is 19.8 Å². The van der Waals surface area contributed by atoms with Gasteiger partial charge in [-0.05, 0) is 38.0 Å². The Hall–Kier alpha value is -1.73. The summed E-state index contributed by atoms with van der Waals surface area (Å²) in [4.78, 5) is 13.8. The second-order valence-electron chi connectivity index (χ2n) is 4.79. The highest BCUT2D eigenvalue weighted by molar-refractivity contribution is 6.30. The average molecular weight is 293 g/mol. The lowest BCUT2D eigenvalue weighted by atomic mass is 9.96. The number of halogens is 1. The van der Waals surface area contributed by atoms with E-state index in [1.807, 2.05) is 13.0 Å². The predicted octanol–water partition coefficient (Wildman–Crippen LogP) is 2.99. The minimum Gasteiger partial charge on any atom is -0.466 e. The van der Waals surface area contributed by atoms with Gasteiger partial charge >= 0.3 is 5.97 Å². The summed E-state index contributed by atoms with van der Waals surface area (Å²) in [6, 6.07) is 7.44. The van der Waals surface area contributed by atoms with Crippen molar-refractivity contribution >= 4 is 23.3 Å². The van der Waals surface area contributed by atoms with Gasteiger partial charge in [0.25, 0.3) is 0 Å². The van der Waals surface area contributed by atoms with Crippen molar-refractivity contribution in [3.8, 4) is 6.07 Å². The second kappa shape index (κ2) is 6.62. The molecule has 0 atom stereocenters. The molecule has 0 aliphatic carbocycles. The monoisotopic (exact) mass is 292 g/mol. The van der Waals surface area contributed by atoms with Gasteiger partial charge in [-0.25, -0.2) is 0 Å². The highest BCUT2D eigenvalue weighted by Gasteiger charge is 2.27. The first-order chi connectivity index (χ1) is 9.65. The van der Waals surface area contributed by atoms with Crippen LogP contribution in [0.3, 0.4) is 0 Å². The maximum atomic E-state index is 11.7. The molecule has 2 rings (SSSR count). The van der Waals surface area contributed by atoms with Crippen LogP contribution in [0.5, 0.6) is 0 Å². The van der Waals surface area contributed by atoms with Crippen molar-refractivity contribution in [3.63, 3.8) is 0 Å². The van der Waals surface area contributed by atoms with Gasteiger partial charge in [-0.15, -0.1) is 0 Å². The van der Waals surface area contributed by atoms with Gasteiger partial charge in [-0.1, -0.05) is 11.6 Å². The Morgan fingerprint density at radius 3 is 2.80 bits per heavy atom. The Morgan fingerprint density at radius 2 is 2.20 bits per heavy atom. The first-order valence-electron chi connectivity index (χ1n) is 6.77. The van der Waals surface area contributed by atoms with Crippen LogP contribution in [-0.4, -0.2) is 25.7 Å². The molecule has 0 amide bonds. The molecule has 0 aromatic heterocycles. The van der Waals surface area contributed by atoms with Gasteiger partial charge in [0.15, 0.2) is 0 Å². The molecule has 0 unspecified atom stereocenters. The van der Waals surface area contributed by atoms with E-state index in [9.17, 15) is 4.79 Å². The van der Waals surface area contributed by atoms with Crippen LogP contribution in [0.1, 0.15) is 25.3 Å². The van der Waals surface area contributed by atoms with E-state index >= 15 is 0 Å². The van der Waals surface area contributed by atoms with E-state index in [0.717, 1.165) is 31.6 Å². The second-order valence-corrected chi connectivity index (χ2v) is 5.22. The number of nitriles is 1. The third-order valence-corrected chi connectivity index (χ3v) is 3.77. The minimum atomic E-state index is -0.112. The van der Waals surface area contributed by atoms with Gasteiger partial charge in [0.05, 0.1) is 23.8 Å². The molecule has 1 aliphatic heterocycles. The molecule has 5 heteroatoms. The zero-order valence-corrected chi connectivity index (χ0v) is 12.2. The molecule has 1 heterocycles. The average Bonchev–Trinajstić information content (AvgIpc) is 2.47. The lowest BCUT2D eigenvalue weighted by Gasteiger charge is -2.33. The SMILES string of the molecule is CCOC(=O)C1CCN(c2cc(Cl)ccc2C#N)CC1. The van der Waals surface area contributed by atoms with Crippen LogP contribution in [0, 0.1) is 17.2 Å². The molecule has 0 N–H and O–H groups in total. The number of hydrogen-bond donors (Lipinski definition) is 0. The summed E-state index contributed by atoms with van der Waals surface area (Å²) in [5.41, 5.74) is 1.46. The van der Waals surface area contributed by atoms with Gasteiger partial charge in [0, 0.05) is 18.1 Å². The smallest absolute Gasteiger partial charge is 0.309 e. The zero-order chi connectivity index (χ0) is 14.5. The highest BCUT2D eigenvalue weighted by atomic mass is 35.5. The molecule has 4 nitrogen and oxygen atoms in total. The standard InChI is InChI=1S/C15H17ClN2O2/c1-2-20-15(19)11-5-7-18(8-6-11)14-9-13(16)4-3-12(14)10-17/h3-4,9,11H,2,5-8H2,1H3. The van der Waals surface area contributed by atoms with Crippen molar-refractivity contribution < 1.29 is 9.53 Å². The first-order valence-corrected chi connectivity index (χ1v) is 7.14. The third-order valence-electron chi connectivity index (χ3n) is 3.54. The summed E-state index contributed by atoms with van der Waals surface area (Å²) in [6.07, 6.45) is 1.49. The number of benzene rings is 1. The van der Waals surface area contributed by atoms with Crippen molar-refractivity contribution in [2.24, 2.45) is 5.92 Å². The third kappa shape index (κ3) is 3.23. The largest absolute Gasteiger partial charge is 0.466 e. The number of rotatable bonds is 3. The maximum Gasteiger partial charge on any atom is 0.309 e. The fraction of sp³-hybridized carbons (Fsp3) is 0.467. The van der Waals surface area contributed by atoms with Gasteiger partial charge in [0.1, 0.15) is 6.07 Å². The van der Waals surface area contributed by atoms with Gasteiger partial charge in [-0.2, -0.15) is 5.26 Å². The van der Waals surface area contributed by atoms with Crippen LogP contribution in [0.15, 0.2) is 18.2 Å². The van der Waals surface area contributed by atoms with E-state index in [1.54, 1.807) is 12.1 Å². The number of carbonyl (C=O) groups is 1. The van der Waals surface area contributed by atoms with E-state index in [4.69, 9.17) is 21.6 Å². The molecule has 0 bridgehead atoms. The van der Waals surface area contributed by atoms with E-state index in [-0.39, 0.29) is 11.9 Å². The Labute approximate surface area is 123 Å². The van der Waals surface area contributed by atoms with Gasteiger partial charge in [-0.3, -0.25) is 4.79 Å². The zero-order valence-electron chi connectivity index (χ0n) is 11.4. The van der Waals surface area contributed by atoms with Crippen LogP contribution < -0.4 is 4.90 Å². The number of esters is 1. The molecule has 106 valence electrons. The summed E-state index contributed by atoms with van der Waals surface area (Å²) in [6.45, 7) is 3.71. The van der Waals surface area contributed by atoms with Crippen LogP contribution in [0.25, 0.3) is 0 Å². The summed E-state index contributed by atoms with van der Waals surface area (Å²) in [7, 11) is 0. The van der Waals surface area contributed by atoms with E-state index in [2.05, 4.69) is 11.0 Å². The number of hydrogen-bond acceptors (Lipinski definition) is 4. The molecule has 20 heavy (non-hydrogen) atoms. The van der Waals surface area contributed by atoms with Crippen molar-refractivity contribution in [1.29, 1.82) is 5.26 Å². The van der Waals surface area contributed by atoms with Gasteiger partial charge < -0.3 is 9.64 Å². The lowest BCUT2D eigenvalue weighted by Crippen LogP contribution is -2.37. The maximum absolute atomic E-state index is 11.7. The number of ether oxygens (including phenoxy) is 1.